The lowest BCUT2D eigenvalue weighted by Gasteiger charge is -2.58. The maximum Gasteiger partial charge on any atom is 0.187 e. The summed E-state index contributed by atoms with van der Waals surface area (Å²) in [5, 5.41) is 180. The second-order valence-electron chi connectivity index (χ2n) is 26.7. The van der Waals surface area contributed by atoms with Gasteiger partial charge in [0.1, 0.15) is 122 Å². The van der Waals surface area contributed by atoms with E-state index in [-0.39, 0.29) is 35.4 Å². The molecule has 0 bridgehead atoms. The second kappa shape index (κ2) is 28.3. The van der Waals surface area contributed by atoms with Crippen LogP contribution < -0.4 is 0 Å². The molecule has 5 saturated heterocycles. The average molecular weight is 1230 g/mol. The number of hydrogen-bond acceptors (Lipinski definition) is 27. The Kier molecular flexibility index (Phi) is 22.6. The van der Waals surface area contributed by atoms with Crippen molar-refractivity contribution in [2.24, 2.45) is 52.3 Å². The molecule has 0 aromatic rings. The van der Waals surface area contributed by atoms with E-state index in [1.165, 1.54) is 12.0 Å². The fourth-order valence-corrected chi connectivity index (χ4v) is 16.1. The molecule has 5 aliphatic heterocycles. The highest BCUT2D eigenvalue weighted by Crippen LogP contribution is 2.67. The zero-order valence-corrected chi connectivity index (χ0v) is 49.1. The first-order valence-electron chi connectivity index (χ1n) is 30.8. The molecule has 0 aromatic carbocycles. The van der Waals surface area contributed by atoms with Crippen molar-refractivity contribution >= 4 is 0 Å². The zero-order chi connectivity index (χ0) is 61.7. The third-order valence-corrected chi connectivity index (χ3v) is 21.7. The highest BCUT2D eigenvalue weighted by Gasteiger charge is 2.60. The van der Waals surface area contributed by atoms with Gasteiger partial charge in [-0.2, -0.15) is 0 Å². The zero-order valence-electron chi connectivity index (χ0n) is 49.1. The van der Waals surface area contributed by atoms with Crippen LogP contribution in [-0.2, 0) is 47.4 Å². The molecule has 35 atom stereocenters. The molecule has 17 N–H and O–H groups in total. The first-order chi connectivity index (χ1) is 40.3. The summed E-state index contributed by atoms with van der Waals surface area (Å²) in [6, 6.07) is 0. The first-order valence-corrected chi connectivity index (χ1v) is 30.8. The summed E-state index contributed by atoms with van der Waals surface area (Å²) in [5.41, 5.74) is 1.56. The molecule has 9 rings (SSSR count). The number of aliphatic hydroxyl groups is 17. The lowest BCUT2D eigenvalue weighted by Crippen LogP contribution is -2.66. The van der Waals surface area contributed by atoms with Gasteiger partial charge in [-0.05, 0) is 104 Å². The summed E-state index contributed by atoms with van der Waals surface area (Å²) < 4.78 is 58.4. The Labute approximate surface area is 494 Å². The molecule has 0 unspecified atom stereocenters. The average Bonchev–Trinajstić information content (AvgIpc) is 1.77. The third-order valence-electron chi connectivity index (χ3n) is 21.7. The van der Waals surface area contributed by atoms with Gasteiger partial charge in [0.15, 0.2) is 31.5 Å². The van der Waals surface area contributed by atoms with Crippen molar-refractivity contribution in [3.8, 4) is 0 Å². The molecule has 492 valence electrons. The van der Waals surface area contributed by atoms with Crippen LogP contribution in [0.15, 0.2) is 11.6 Å². The SMILES string of the molecule is C[C@H](CC[C@@H](C)[C@H]1CC[C@H]2[C@@H]3CC=C4C[C@@H](O[C@@H]5O[C@H](CO)[C@@H](O)[C@H](O)[C@H]5O)CC[C@]4(C)[C@H]3CC[C@]12C)[C@H](C)CO[C@@H]1O[C@H](CO[C@@H]2O[C@H](CO)[C@@H](O[C@@H]3O[C@H](CO)[C@@H](O)[C@H](O)[C@H]3O)[C@H](O)[C@H]2O)[C@@H](O)[C@H](O[C@@H]2O[C@H](CO)[C@@H](O)[C@H](O)[C@H]2O)[C@H]1O. The monoisotopic (exact) mass is 1230 g/mol. The molecule has 85 heavy (non-hydrogen) atoms. The summed E-state index contributed by atoms with van der Waals surface area (Å²) >= 11 is 0. The molecule has 5 heterocycles. The quantitative estimate of drug-likeness (QED) is 0.0484. The minimum Gasteiger partial charge on any atom is -0.394 e. The standard InChI is InChI=1S/C58H98O27/c1-23(6-7-24(2)29-10-11-30-28-9-8-26-16-27(12-14-57(26,4)31(28)13-15-58(29,30)5)78-54-45(71)41(67)37(63)32(17-59)79-54)25(3)21-76-53-49(75)51(85-56-47(73)43(69)39(65)34(19-61)81-56)40(66)36(83-53)22-77-52-48(74)44(70)50(35(20-62)82-52)84-55-46(72)42(68)38(64)33(18-60)80-55/h8,23-25,27-56,59-75H,6-7,9-22H2,1-5H3/t23-,24-,25-,27+,28+,29-,30+,31+,32-,33-,34-,35-,36-,37-,38-,39-,40-,41+,42+,43+,44-,45-,46-,47-,48-,49-,50-,51+,52-,53-,54-,55+,56+,57+,58-/m1/s1. The van der Waals surface area contributed by atoms with Gasteiger partial charge in [0.2, 0.25) is 0 Å². The van der Waals surface area contributed by atoms with E-state index in [2.05, 4.69) is 33.8 Å². The Balaban J connectivity index is 0.799. The summed E-state index contributed by atoms with van der Waals surface area (Å²) in [6.45, 7) is 7.87. The minimum atomic E-state index is -1.95. The summed E-state index contributed by atoms with van der Waals surface area (Å²) in [7, 11) is 0. The minimum absolute atomic E-state index is 0.0125. The van der Waals surface area contributed by atoms with Crippen LogP contribution in [0.2, 0.25) is 0 Å². The Morgan fingerprint density at radius 1 is 0.471 bits per heavy atom. The van der Waals surface area contributed by atoms with Crippen molar-refractivity contribution in [1.82, 2.24) is 0 Å². The fourth-order valence-electron chi connectivity index (χ4n) is 16.1. The molecule has 27 nitrogen and oxygen atoms in total. The Morgan fingerprint density at radius 3 is 1.54 bits per heavy atom. The van der Waals surface area contributed by atoms with Gasteiger partial charge < -0.3 is 134 Å². The number of rotatable bonds is 21. The van der Waals surface area contributed by atoms with E-state index in [1.54, 1.807) is 0 Å². The van der Waals surface area contributed by atoms with Crippen molar-refractivity contribution in [1.29, 1.82) is 0 Å². The highest BCUT2D eigenvalue weighted by molar-refractivity contribution is 5.25. The van der Waals surface area contributed by atoms with E-state index in [0.29, 0.717) is 36.0 Å². The third kappa shape index (κ3) is 13.5. The molecule has 8 fully saturated rings. The molecule has 4 aliphatic carbocycles. The van der Waals surface area contributed by atoms with Crippen LogP contribution in [0.5, 0.6) is 0 Å². The fraction of sp³-hybridized carbons (Fsp3) is 0.966. The molecule has 0 spiro atoms. The molecule has 0 amide bonds. The lowest BCUT2D eigenvalue weighted by molar-refractivity contribution is -0.373. The van der Waals surface area contributed by atoms with E-state index < -0.39 is 187 Å². The van der Waals surface area contributed by atoms with Gasteiger partial charge in [0.25, 0.3) is 0 Å². The van der Waals surface area contributed by atoms with Crippen LogP contribution in [0.1, 0.15) is 98.8 Å². The van der Waals surface area contributed by atoms with Crippen molar-refractivity contribution in [3.05, 3.63) is 11.6 Å². The van der Waals surface area contributed by atoms with Gasteiger partial charge in [0.05, 0.1) is 45.7 Å². The van der Waals surface area contributed by atoms with Gasteiger partial charge in [-0.1, -0.05) is 59.1 Å². The number of allylic oxidation sites excluding steroid dienone is 1. The van der Waals surface area contributed by atoms with Crippen LogP contribution >= 0.6 is 0 Å². The van der Waals surface area contributed by atoms with E-state index in [0.717, 1.165) is 51.4 Å². The number of ether oxygens (including phenoxy) is 10. The molecule has 3 saturated carbocycles. The summed E-state index contributed by atoms with van der Waals surface area (Å²) in [5.74, 6) is 2.64. The molecule has 27 heteroatoms. The maximum atomic E-state index is 11.8. The Hall–Kier alpha value is -1.34. The van der Waals surface area contributed by atoms with Gasteiger partial charge in [0, 0.05) is 0 Å². The number of aliphatic hydroxyl groups excluding tert-OH is 17. The molecule has 9 aliphatic rings. The van der Waals surface area contributed by atoms with E-state index in [9.17, 15) is 86.8 Å². The Morgan fingerprint density at radius 2 is 0.976 bits per heavy atom. The van der Waals surface area contributed by atoms with E-state index in [4.69, 9.17) is 47.4 Å². The van der Waals surface area contributed by atoms with Crippen molar-refractivity contribution in [2.45, 2.75) is 258 Å². The maximum absolute atomic E-state index is 11.8. The van der Waals surface area contributed by atoms with Crippen LogP contribution in [0.25, 0.3) is 0 Å². The van der Waals surface area contributed by atoms with Crippen LogP contribution in [0.3, 0.4) is 0 Å². The van der Waals surface area contributed by atoms with Crippen molar-refractivity contribution in [3.63, 3.8) is 0 Å². The number of fused-ring (bicyclic) bond motifs is 5. The van der Waals surface area contributed by atoms with Gasteiger partial charge in [-0.15, -0.1) is 0 Å². The molecular formula is C58H98O27. The second-order valence-corrected chi connectivity index (χ2v) is 26.7. The lowest BCUT2D eigenvalue weighted by atomic mass is 9.47. The summed E-state index contributed by atoms with van der Waals surface area (Å²) in [4.78, 5) is 0. The topological polar surface area (TPSA) is 436 Å². The first kappa shape index (κ1) is 68.0. The van der Waals surface area contributed by atoms with Gasteiger partial charge in [-0.3, -0.25) is 0 Å². The Bertz CT molecular complexity index is 2140. The van der Waals surface area contributed by atoms with Gasteiger partial charge >= 0.3 is 0 Å². The van der Waals surface area contributed by atoms with Crippen molar-refractivity contribution < 1.29 is 134 Å². The normalized spacial score (nSPS) is 51.4. The predicted molar refractivity (Wildman–Crippen MR) is 288 cm³/mol. The van der Waals surface area contributed by atoms with E-state index in [1.807, 2.05) is 6.92 Å². The van der Waals surface area contributed by atoms with Crippen LogP contribution in [0, 0.1) is 52.3 Å². The molecular weight excluding hydrogens is 1130 g/mol. The highest BCUT2D eigenvalue weighted by atomic mass is 16.8. The summed E-state index contributed by atoms with van der Waals surface area (Å²) in [6.07, 6.45) is -29.0. The van der Waals surface area contributed by atoms with Gasteiger partial charge in [-0.25, -0.2) is 0 Å². The predicted octanol–water partition coefficient (Wildman–Crippen LogP) is -4.27. The number of hydrogen-bond donors (Lipinski definition) is 17. The van der Waals surface area contributed by atoms with E-state index >= 15 is 0 Å². The molecule has 0 radical (unpaired) electrons. The molecule has 0 aromatic heterocycles. The van der Waals surface area contributed by atoms with Crippen LogP contribution in [0.4, 0.5) is 0 Å². The smallest absolute Gasteiger partial charge is 0.187 e. The van der Waals surface area contributed by atoms with Crippen molar-refractivity contribution in [2.75, 3.05) is 39.6 Å². The largest absolute Gasteiger partial charge is 0.394 e. The van der Waals surface area contributed by atoms with Crippen LogP contribution in [-0.4, -0.2) is 286 Å².